The molecule has 2 unspecified atom stereocenters. The summed E-state index contributed by atoms with van der Waals surface area (Å²) in [6.07, 6.45) is 76.4. The van der Waals surface area contributed by atoms with E-state index < -0.39 is 32.5 Å². The van der Waals surface area contributed by atoms with Gasteiger partial charge in [-0.1, -0.05) is 212 Å². The Labute approximate surface area is 447 Å². The van der Waals surface area contributed by atoms with E-state index in [0.717, 1.165) is 135 Å². The molecule has 0 spiro atoms. The van der Waals surface area contributed by atoms with Crippen LogP contribution in [-0.2, 0) is 32.7 Å². The van der Waals surface area contributed by atoms with Gasteiger partial charge in [0.2, 0.25) is 0 Å². The van der Waals surface area contributed by atoms with Crippen molar-refractivity contribution in [2.45, 2.75) is 206 Å². The van der Waals surface area contributed by atoms with Crippen LogP contribution in [0.1, 0.15) is 200 Å². The summed E-state index contributed by atoms with van der Waals surface area (Å²) in [6.45, 7) is 4.02. The number of likely N-dealkylation sites (N-methyl/N-ethyl adjacent to an activating group) is 1. The van der Waals surface area contributed by atoms with Crippen molar-refractivity contribution in [1.29, 1.82) is 0 Å². The molecule has 0 saturated heterocycles. The van der Waals surface area contributed by atoms with Crippen LogP contribution < -0.4 is 4.89 Å². The first-order chi connectivity index (χ1) is 35.5. The van der Waals surface area contributed by atoms with Crippen LogP contribution in [0.2, 0.25) is 0 Å². The van der Waals surface area contributed by atoms with Gasteiger partial charge < -0.3 is 27.9 Å². The summed E-state index contributed by atoms with van der Waals surface area (Å²) in [5.74, 6) is -0.874. The summed E-state index contributed by atoms with van der Waals surface area (Å²) in [5.41, 5.74) is 0. The van der Waals surface area contributed by atoms with E-state index in [1.54, 1.807) is 0 Å². The number of esters is 2. The highest BCUT2D eigenvalue weighted by Gasteiger charge is 2.21. The number of allylic oxidation sites excluding steroid dienone is 22. The third-order valence-corrected chi connectivity index (χ3v) is 12.4. The van der Waals surface area contributed by atoms with Crippen molar-refractivity contribution in [2.24, 2.45) is 0 Å². The average Bonchev–Trinajstić information content (AvgIpc) is 3.35. The van der Waals surface area contributed by atoms with Gasteiger partial charge in [-0.3, -0.25) is 14.2 Å². The maximum absolute atomic E-state index is 12.8. The lowest BCUT2D eigenvalue weighted by Gasteiger charge is -2.28. The molecule has 0 aromatic heterocycles. The van der Waals surface area contributed by atoms with E-state index in [0.29, 0.717) is 23.9 Å². The van der Waals surface area contributed by atoms with Gasteiger partial charge in [-0.2, -0.15) is 0 Å². The Morgan fingerprint density at radius 2 is 0.781 bits per heavy atom. The average molecular weight is 1030 g/mol. The largest absolute Gasteiger partial charge is 0.756 e. The molecule has 0 bridgehead atoms. The topological polar surface area (TPSA) is 111 Å². The summed E-state index contributed by atoms with van der Waals surface area (Å²) in [4.78, 5) is 37.8. The molecule has 0 rings (SSSR count). The lowest BCUT2D eigenvalue weighted by molar-refractivity contribution is -0.870. The number of quaternary nitrogens is 1. The Morgan fingerprint density at radius 1 is 0.438 bits per heavy atom. The number of rotatable bonds is 50. The summed E-state index contributed by atoms with van der Waals surface area (Å²) >= 11 is 0. The number of phosphoric ester groups is 1. The Kier molecular flexibility index (Phi) is 50.2. The second-order valence-electron chi connectivity index (χ2n) is 19.6. The number of unbranched alkanes of at least 4 members (excludes halogenated alkanes) is 14. The van der Waals surface area contributed by atoms with Gasteiger partial charge in [0.1, 0.15) is 19.8 Å². The molecule has 9 nitrogen and oxygen atoms in total. The van der Waals surface area contributed by atoms with Crippen molar-refractivity contribution in [2.75, 3.05) is 47.5 Å². The highest BCUT2D eigenvalue weighted by molar-refractivity contribution is 7.45. The quantitative estimate of drug-likeness (QED) is 0.0195. The Bertz CT molecular complexity index is 1690. The first-order valence-electron chi connectivity index (χ1n) is 28.4. The molecule has 10 heteroatoms. The standard InChI is InChI=1S/C63H104NO8P/c1-6-8-10-12-14-16-18-20-22-23-24-25-26-27-28-29-30-31-32-33-34-35-36-37-38-39-40-41-42-44-46-48-50-52-54-56-63(66)72-61(60-71-73(67,68)70-58-57-64(3,4)5)59-69-62(65)55-53-51-49-47-45-43-21-19-17-15-13-11-9-7-2/h8,10,13-16,19-22,24-25,27-28,30-31,33-34,36-37,39-40,61H,6-7,9,11-12,17-18,23,26,29,32,35,38,41-60H2,1-5H3/b10-8-,15-13-,16-14-,21-19-,22-20-,25-24-,28-27-,31-30-,34-33-,37-36-,40-39-. The Balaban J connectivity index is 4.20. The zero-order chi connectivity index (χ0) is 53.5. The second kappa shape index (κ2) is 53.0. The molecule has 0 amide bonds. The van der Waals surface area contributed by atoms with E-state index >= 15 is 0 Å². The Morgan fingerprint density at radius 3 is 1.16 bits per heavy atom. The minimum Gasteiger partial charge on any atom is -0.756 e. The summed E-state index contributed by atoms with van der Waals surface area (Å²) in [5, 5.41) is 0. The van der Waals surface area contributed by atoms with Crippen LogP contribution in [0, 0.1) is 0 Å². The lowest BCUT2D eigenvalue weighted by atomic mass is 10.1. The zero-order valence-electron chi connectivity index (χ0n) is 46.8. The van der Waals surface area contributed by atoms with Gasteiger partial charge in [0.05, 0.1) is 27.7 Å². The second-order valence-corrected chi connectivity index (χ2v) is 21.0. The molecule has 0 aliphatic carbocycles. The lowest BCUT2D eigenvalue weighted by Crippen LogP contribution is -2.37. The number of nitrogens with zero attached hydrogens (tertiary/aromatic N) is 1. The van der Waals surface area contributed by atoms with Gasteiger partial charge >= 0.3 is 11.9 Å². The number of ether oxygens (including phenoxy) is 2. The molecule has 0 fully saturated rings. The summed E-state index contributed by atoms with van der Waals surface area (Å²) < 4.78 is 34.0. The molecule has 0 radical (unpaired) electrons. The third-order valence-electron chi connectivity index (χ3n) is 11.4. The van der Waals surface area contributed by atoms with Crippen molar-refractivity contribution in [3.05, 3.63) is 134 Å². The predicted octanol–water partition coefficient (Wildman–Crippen LogP) is 17.1. The number of phosphoric acid groups is 1. The van der Waals surface area contributed by atoms with Crippen LogP contribution in [0.15, 0.2) is 134 Å². The van der Waals surface area contributed by atoms with Crippen LogP contribution in [-0.4, -0.2) is 70.0 Å². The SMILES string of the molecule is CC/C=C\C/C=C\C/C=C\C/C=C\C/C=C\C/C=C\C/C=C\C/C=C\C/C=C\CCCCCCCCCC(=O)OC(COC(=O)CCCCCCC/C=C\C/C=C\CCCC)COP(=O)([O-])OCC[N+](C)(C)C. The predicted molar refractivity (Wildman–Crippen MR) is 309 cm³/mol. The molecule has 414 valence electrons. The van der Waals surface area contributed by atoms with E-state index in [9.17, 15) is 19.0 Å². The summed E-state index contributed by atoms with van der Waals surface area (Å²) in [6, 6.07) is 0. The molecule has 0 aliphatic heterocycles. The van der Waals surface area contributed by atoms with Crippen molar-refractivity contribution in [3.8, 4) is 0 Å². The van der Waals surface area contributed by atoms with Crippen molar-refractivity contribution >= 4 is 19.8 Å². The number of hydrogen-bond acceptors (Lipinski definition) is 8. The molecule has 0 aromatic rings. The van der Waals surface area contributed by atoms with Crippen LogP contribution in [0.4, 0.5) is 0 Å². The highest BCUT2D eigenvalue weighted by Crippen LogP contribution is 2.38. The van der Waals surface area contributed by atoms with Gasteiger partial charge in [0, 0.05) is 12.8 Å². The van der Waals surface area contributed by atoms with Crippen LogP contribution in [0.25, 0.3) is 0 Å². The van der Waals surface area contributed by atoms with Gasteiger partial charge in [0.15, 0.2) is 6.10 Å². The maximum Gasteiger partial charge on any atom is 0.306 e. The van der Waals surface area contributed by atoms with Crippen molar-refractivity contribution in [1.82, 2.24) is 0 Å². The van der Waals surface area contributed by atoms with E-state index in [1.807, 2.05) is 21.1 Å². The van der Waals surface area contributed by atoms with Gasteiger partial charge in [-0.15, -0.1) is 0 Å². The van der Waals surface area contributed by atoms with Gasteiger partial charge in [-0.25, -0.2) is 0 Å². The smallest absolute Gasteiger partial charge is 0.306 e. The number of carbonyl (C=O) groups excluding carboxylic acids is 2. The fraction of sp³-hybridized carbons (Fsp3) is 0.619. The molecule has 73 heavy (non-hydrogen) atoms. The molecule has 0 aliphatic rings. The molecule has 0 aromatic carbocycles. The zero-order valence-corrected chi connectivity index (χ0v) is 47.7. The van der Waals surface area contributed by atoms with E-state index in [1.165, 1.54) is 25.7 Å². The fourth-order valence-corrected chi connectivity index (χ4v) is 7.74. The molecule has 0 heterocycles. The molecule has 2 atom stereocenters. The van der Waals surface area contributed by atoms with Crippen molar-refractivity contribution < 1.29 is 42.1 Å². The molecular formula is C63H104NO8P. The number of hydrogen-bond donors (Lipinski definition) is 0. The Hall–Kier alpha value is -3.85. The molecule has 0 N–H and O–H groups in total. The third kappa shape index (κ3) is 57.3. The molecular weight excluding hydrogens is 930 g/mol. The molecule has 0 saturated carbocycles. The highest BCUT2D eigenvalue weighted by atomic mass is 31.2. The van der Waals surface area contributed by atoms with Gasteiger partial charge in [-0.05, 0) is 109 Å². The van der Waals surface area contributed by atoms with E-state index in [-0.39, 0.29) is 26.1 Å². The van der Waals surface area contributed by atoms with E-state index in [2.05, 4.69) is 148 Å². The van der Waals surface area contributed by atoms with E-state index in [4.69, 9.17) is 18.5 Å². The first kappa shape index (κ1) is 69.2. The minimum absolute atomic E-state index is 0.0428. The van der Waals surface area contributed by atoms with Crippen molar-refractivity contribution in [3.63, 3.8) is 0 Å². The number of carbonyl (C=O) groups is 2. The van der Waals surface area contributed by atoms with Crippen LogP contribution in [0.5, 0.6) is 0 Å². The summed E-state index contributed by atoms with van der Waals surface area (Å²) in [7, 11) is 1.13. The minimum atomic E-state index is -4.65. The normalized spacial score (nSPS) is 14.3. The van der Waals surface area contributed by atoms with Crippen LogP contribution >= 0.6 is 7.82 Å². The fourth-order valence-electron chi connectivity index (χ4n) is 7.02. The monoisotopic (exact) mass is 1030 g/mol. The van der Waals surface area contributed by atoms with Crippen LogP contribution in [0.3, 0.4) is 0 Å². The van der Waals surface area contributed by atoms with Gasteiger partial charge in [0.25, 0.3) is 7.82 Å². The first-order valence-corrected chi connectivity index (χ1v) is 29.9. The maximum atomic E-state index is 12.8.